The Hall–Kier alpha value is -4.92. The molecule has 0 radical (unpaired) electrons. The van der Waals surface area contributed by atoms with Crippen molar-refractivity contribution < 1.29 is 34.8 Å². The van der Waals surface area contributed by atoms with Crippen molar-refractivity contribution in [2.75, 3.05) is 40.3 Å². The number of hydrogen-bond acceptors (Lipinski definition) is 10. The average molecular weight is 739 g/mol. The predicted molar refractivity (Wildman–Crippen MR) is 203 cm³/mol. The highest BCUT2D eigenvalue weighted by Crippen LogP contribution is 2.37. The van der Waals surface area contributed by atoms with Crippen LogP contribution >= 0.6 is 0 Å². The summed E-state index contributed by atoms with van der Waals surface area (Å²) in [6.45, 7) is 6.33. The Kier molecular flexibility index (Phi) is 12.9. The molecule has 2 saturated heterocycles. The number of ether oxygens (including phenoxy) is 1. The smallest absolute Gasteiger partial charge is 0.339 e. The number of nitrogens with zero attached hydrogens (tertiary/aromatic N) is 6. The number of carboxylic acids is 1. The van der Waals surface area contributed by atoms with Crippen molar-refractivity contribution in [3.63, 3.8) is 0 Å². The van der Waals surface area contributed by atoms with E-state index in [1.165, 1.54) is 44.8 Å². The molecule has 0 aliphatic carbocycles. The molecular formula is C41H50N6O7. The van der Waals surface area contributed by atoms with Crippen LogP contribution in [0.5, 0.6) is 0 Å². The van der Waals surface area contributed by atoms with Gasteiger partial charge in [-0.1, -0.05) is 59.7 Å². The van der Waals surface area contributed by atoms with Crippen LogP contribution in [-0.4, -0.2) is 114 Å². The molecule has 2 aromatic heterocycles. The van der Waals surface area contributed by atoms with E-state index in [9.17, 15) is 14.7 Å². The maximum atomic E-state index is 9.81. The number of piperidine rings is 2. The topological polar surface area (TPSA) is 166 Å². The summed E-state index contributed by atoms with van der Waals surface area (Å²) in [5.74, 6) is 0.549. The van der Waals surface area contributed by atoms with Gasteiger partial charge >= 0.3 is 5.97 Å². The highest BCUT2D eigenvalue weighted by Gasteiger charge is 2.27. The summed E-state index contributed by atoms with van der Waals surface area (Å²) < 4.78 is 8.24. The van der Waals surface area contributed by atoms with E-state index in [2.05, 4.69) is 97.5 Å². The number of carbonyl (C=O) groups excluding carboxylic acids is 1. The fourth-order valence-electron chi connectivity index (χ4n) is 7.61. The van der Waals surface area contributed by atoms with Crippen molar-refractivity contribution in [1.82, 2.24) is 28.9 Å². The third-order valence-electron chi connectivity index (χ3n) is 10.7. The molecule has 4 aromatic rings. The van der Waals surface area contributed by atoms with Crippen LogP contribution in [0.1, 0.15) is 65.3 Å². The van der Waals surface area contributed by atoms with Gasteiger partial charge in [0.15, 0.2) is 0 Å². The molecular weight excluding hydrogens is 688 g/mol. The molecule has 4 aliphatic rings. The molecule has 6 heterocycles. The summed E-state index contributed by atoms with van der Waals surface area (Å²) in [6, 6.07) is 17.6. The number of aliphatic hydroxyl groups is 3. The van der Waals surface area contributed by atoms with Crippen LogP contribution in [0.3, 0.4) is 0 Å². The van der Waals surface area contributed by atoms with Gasteiger partial charge in [0.05, 0.1) is 18.5 Å². The van der Waals surface area contributed by atoms with Crippen molar-refractivity contribution in [2.24, 2.45) is 0 Å². The molecule has 8 rings (SSSR count). The first kappa shape index (κ1) is 38.8. The van der Waals surface area contributed by atoms with Gasteiger partial charge in [-0.05, 0) is 74.9 Å². The van der Waals surface area contributed by atoms with Crippen molar-refractivity contribution in [1.29, 1.82) is 0 Å². The first-order valence-corrected chi connectivity index (χ1v) is 18.5. The summed E-state index contributed by atoms with van der Waals surface area (Å²) in [4.78, 5) is 33.4. The van der Waals surface area contributed by atoms with Gasteiger partial charge in [0.2, 0.25) is 12.4 Å². The maximum absolute atomic E-state index is 9.81. The molecule has 0 amide bonds. The van der Waals surface area contributed by atoms with Crippen molar-refractivity contribution >= 4 is 23.6 Å². The van der Waals surface area contributed by atoms with Crippen LogP contribution in [0.4, 0.5) is 0 Å². The normalized spacial score (nSPS) is 18.2. The number of benzene rings is 2. The largest absolute Gasteiger partial charge is 0.479 e. The Balaban J connectivity index is 0.000000149. The minimum atomic E-state index is -2.09. The number of imidazole rings is 2. The number of carboxylic acid groups (broad SMARTS) is 1. The van der Waals surface area contributed by atoms with Gasteiger partial charge in [-0.25, -0.2) is 14.8 Å². The predicted octanol–water partition coefficient (Wildman–Crippen LogP) is 3.35. The number of hydrogen-bond donors (Lipinski definition) is 4. The third-order valence-corrected chi connectivity index (χ3v) is 10.7. The second kappa shape index (κ2) is 17.9. The number of carbonyl (C=O) groups is 2. The quantitative estimate of drug-likeness (QED) is 0.175. The highest BCUT2D eigenvalue weighted by molar-refractivity contribution is 5.82. The molecule has 2 unspecified atom stereocenters. The Bertz CT molecular complexity index is 1980. The molecule has 0 bridgehead atoms. The molecule has 2 atom stereocenters. The lowest BCUT2D eigenvalue weighted by Gasteiger charge is -2.26. The highest BCUT2D eigenvalue weighted by atomic mass is 16.6. The van der Waals surface area contributed by atoms with E-state index < -0.39 is 18.4 Å². The molecule has 4 N–H and O–H groups in total. The monoisotopic (exact) mass is 738 g/mol. The van der Waals surface area contributed by atoms with Gasteiger partial charge in [-0.15, -0.1) is 0 Å². The maximum Gasteiger partial charge on any atom is 0.339 e. The van der Waals surface area contributed by atoms with Crippen LogP contribution in [-0.2, 0) is 46.9 Å². The fourth-order valence-corrected chi connectivity index (χ4v) is 7.61. The van der Waals surface area contributed by atoms with E-state index in [0.29, 0.717) is 0 Å². The van der Waals surface area contributed by atoms with Gasteiger partial charge in [-0.2, -0.15) is 0 Å². The first-order chi connectivity index (χ1) is 26.2. The number of rotatable bonds is 5. The molecule has 13 nitrogen and oxygen atoms in total. The molecule has 2 aromatic carbocycles. The van der Waals surface area contributed by atoms with E-state index in [1.807, 2.05) is 12.4 Å². The second-order valence-corrected chi connectivity index (χ2v) is 14.1. The lowest BCUT2D eigenvalue weighted by Crippen LogP contribution is -2.35. The first-order valence-electron chi connectivity index (χ1n) is 18.5. The number of fused-ring (bicyclic) bond motifs is 4. The van der Waals surface area contributed by atoms with Gasteiger partial charge in [0.25, 0.3) is 6.47 Å². The van der Waals surface area contributed by atoms with Crippen LogP contribution in [0.2, 0.25) is 0 Å². The Morgan fingerprint density at radius 1 is 0.778 bits per heavy atom. The molecule has 54 heavy (non-hydrogen) atoms. The van der Waals surface area contributed by atoms with Crippen molar-refractivity contribution in [3.8, 4) is 0 Å². The minimum Gasteiger partial charge on any atom is -0.479 e. The Morgan fingerprint density at radius 3 is 1.85 bits per heavy atom. The summed E-state index contributed by atoms with van der Waals surface area (Å²) in [6.07, 6.45) is 8.40. The van der Waals surface area contributed by atoms with Crippen LogP contribution in [0.15, 0.2) is 78.3 Å². The number of aliphatic hydroxyl groups excluding tert-OH is 3. The van der Waals surface area contributed by atoms with Gasteiger partial charge in [0.1, 0.15) is 11.6 Å². The number of aromatic nitrogens is 4. The van der Waals surface area contributed by atoms with E-state index in [-0.39, 0.29) is 13.1 Å². The standard InChI is InChI=1S/C19H23N3O.C18H21N3.C4H6O6/c1-21-9-6-15(7-10-21)18-17-5-3-2-4-14(17)8-11-22-16(13-23)12-20-19(18)22;1-20-10-6-15(7-11-20)17-16-5-3-2-4-14(16)8-12-21-13-9-19-18(17)21;5-1-10-4(9)2(6)3(7)8/h2-5,12,23H,6-11,13H2,1H3;2-5,9,13H,6-8,10-12H2,1H3;1-2,4,6,9H,(H,7,8). The zero-order chi connectivity index (χ0) is 38.2. The number of aryl methyl sites for hydroxylation is 3. The number of likely N-dealkylation sites (tertiary alicyclic amines) is 2. The van der Waals surface area contributed by atoms with Crippen LogP contribution in [0, 0.1) is 0 Å². The summed E-state index contributed by atoms with van der Waals surface area (Å²) >= 11 is 0. The lowest BCUT2D eigenvalue weighted by molar-refractivity contribution is -0.185. The molecule has 0 saturated carbocycles. The zero-order valence-electron chi connectivity index (χ0n) is 31.0. The molecule has 286 valence electrons. The Morgan fingerprint density at radius 2 is 1.31 bits per heavy atom. The zero-order valence-corrected chi connectivity index (χ0v) is 31.0. The number of aliphatic carboxylic acids is 1. The molecule has 13 heteroatoms. The summed E-state index contributed by atoms with van der Waals surface area (Å²) in [5, 5.41) is 34.4. The fraction of sp³-hybridized carbons (Fsp3) is 0.415. The van der Waals surface area contributed by atoms with Crippen LogP contribution < -0.4 is 0 Å². The minimum absolute atomic E-state index is 0.0503. The van der Waals surface area contributed by atoms with Crippen LogP contribution in [0.25, 0.3) is 11.1 Å². The summed E-state index contributed by atoms with van der Waals surface area (Å²) in [5.41, 5.74) is 12.3. The van der Waals surface area contributed by atoms with E-state index in [0.717, 1.165) is 89.3 Å². The van der Waals surface area contributed by atoms with Gasteiger partial charge in [-0.3, -0.25) is 4.79 Å². The molecule has 0 spiro atoms. The third kappa shape index (κ3) is 8.72. The van der Waals surface area contributed by atoms with Crippen molar-refractivity contribution in [3.05, 3.63) is 118 Å². The van der Waals surface area contributed by atoms with E-state index in [1.54, 1.807) is 5.57 Å². The molecule has 2 fully saturated rings. The van der Waals surface area contributed by atoms with Gasteiger partial charge in [0, 0.05) is 62.8 Å². The van der Waals surface area contributed by atoms with E-state index >= 15 is 0 Å². The average Bonchev–Trinajstić information content (AvgIpc) is 3.74. The van der Waals surface area contributed by atoms with Gasteiger partial charge < -0.3 is 44.1 Å². The van der Waals surface area contributed by atoms with Crippen molar-refractivity contribution in [2.45, 2.75) is 70.6 Å². The van der Waals surface area contributed by atoms with E-state index in [4.69, 9.17) is 20.3 Å². The SMILES string of the molecule is CN1CCC(=C2c3ccccc3CCn3c(CO)cnc32)CC1.CN1CCC(=C2c3ccccc3CCn3ccnc32)CC1.O=COC(O)C(O)C(=O)O. The second-order valence-electron chi connectivity index (χ2n) is 14.1. The molecule has 4 aliphatic heterocycles. The summed E-state index contributed by atoms with van der Waals surface area (Å²) in [7, 11) is 4.40. The Labute approximate surface area is 315 Å². The lowest BCUT2D eigenvalue weighted by atomic mass is 9.90.